The molecule has 0 saturated carbocycles. The van der Waals surface area contributed by atoms with Crippen LogP contribution in [0.3, 0.4) is 0 Å². The Balaban J connectivity index is 1.38. The van der Waals surface area contributed by atoms with E-state index in [1.807, 2.05) is 47.4 Å². The van der Waals surface area contributed by atoms with E-state index < -0.39 is 0 Å². The first-order chi connectivity index (χ1) is 15.1. The van der Waals surface area contributed by atoms with Gasteiger partial charge in [-0.1, -0.05) is 41.9 Å². The van der Waals surface area contributed by atoms with E-state index in [-0.39, 0.29) is 12.5 Å². The van der Waals surface area contributed by atoms with Crippen molar-refractivity contribution in [1.29, 1.82) is 5.26 Å². The fraction of sp³-hybridized carbons (Fsp3) is 0.208. The van der Waals surface area contributed by atoms with Gasteiger partial charge in [0, 0.05) is 37.3 Å². The highest BCUT2D eigenvalue weighted by atomic mass is 35.5. The van der Waals surface area contributed by atoms with Crippen molar-refractivity contribution >= 4 is 23.3 Å². The predicted molar refractivity (Wildman–Crippen MR) is 119 cm³/mol. The second-order valence-corrected chi connectivity index (χ2v) is 7.57. The molecule has 1 fully saturated rings. The topological polar surface area (TPSA) is 69.5 Å². The minimum absolute atomic E-state index is 0.0263. The molecule has 1 aliphatic rings. The minimum Gasteiger partial charge on any atom is -0.489 e. The average Bonchev–Trinajstić information content (AvgIpc) is 2.83. The van der Waals surface area contributed by atoms with Gasteiger partial charge in [-0.3, -0.25) is 4.79 Å². The van der Waals surface area contributed by atoms with E-state index in [9.17, 15) is 10.1 Å². The normalized spacial score (nSPS) is 13.5. The number of nitrogens with zero attached hydrogens (tertiary/aromatic N) is 4. The van der Waals surface area contributed by atoms with Gasteiger partial charge in [-0.05, 0) is 36.4 Å². The third-order valence-corrected chi connectivity index (χ3v) is 5.41. The molecule has 0 radical (unpaired) electrons. The van der Waals surface area contributed by atoms with E-state index in [4.69, 9.17) is 16.3 Å². The van der Waals surface area contributed by atoms with Crippen LogP contribution in [-0.2, 0) is 6.61 Å². The highest BCUT2D eigenvalue weighted by molar-refractivity contribution is 6.29. The number of halogens is 1. The molecule has 3 aromatic rings. The molecule has 31 heavy (non-hydrogen) atoms. The summed E-state index contributed by atoms with van der Waals surface area (Å²) in [6.07, 6.45) is 0. The first-order valence-corrected chi connectivity index (χ1v) is 10.4. The molecule has 6 nitrogen and oxygen atoms in total. The number of rotatable bonds is 5. The number of anilines is 1. The molecule has 1 amide bonds. The van der Waals surface area contributed by atoms with E-state index >= 15 is 0 Å². The molecule has 2 heterocycles. The zero-order valence-corrected chi connectivity index (χ0v) is 17.6. The molecule has 0 atom stereocenters. The van der Waals surface area contributed by atoms with Crippen molar-refractivity contribution in [3.8, 4) is 11.8 Å². The van der Waals surface area contributed by atoms with Gasteiger partial charge in [-0.25, -0.2) is 4.98 Å². The van der Waals surface area contributed by atoms with Crippen LogP contribution in [0.1, 0.15) is 21.5 Å². The Morgan fingerprint density at radius 1 is 1.03 bits per heavy atom. The number of hydrogen-bond donors (Lipinski definition) is 0. The number of ether oxygens (including phenoxy) is 1. The largest absolute Gasteiger partial charge is 0.489 e. The quantitative estimate of drug-likeness (QED) is 0.566. The number of benzene rings is 2. The maximum Gasteiger partial charge on any atom is 0.254 e. The number of nitriles is 1. The summed E-state index contributed by atoms with van der Waals surface area (Å²) in [5.74, 6) is 1.40. The monoisotopic (exact) mass is 432 g/mol. The lowest BCUT2D eigenvalue weighted by atomic mass is 10.1. The molecular formula is C24H21ClN4O2. The predicted octanol–water partition coefficient (Wildman–Crippen LogP) is 4.15. The fourth-order valence-electron chi connectivity index (χ4n) is 3.53. The number of piperazine rings is 1. The van der Waals surface area contributed by atoms with Crippen molar-refractivity contribution in [3.63, 3.8) is 0 Å². The van der Waals surface area contributed by atoms with Crippen LogP contribution in [-0.4, -0.2) is 42.0 Å². The van der Waals surface area contributed by atoms with Gasteiger partial charge in [0.15, 0.2) is 0 Å². The molecule has 1 aliphatic heterocycles. The Morgan fingerprint density at radius 2 is 1.81 bits per heavy atom. The van der Waals surface area contributed by atoms with Crippen molar-refractivity contribution in [2.75, 3.05) is 31.1 Å². The van der Waals surface area contributed by atoms with Gasteiger partial charge < -0.3 is 14.5 Å². The van der Waals surface area contributed by atoms with Crippen LogP contribution >= 0.6 is 11.6 Å². The van der Waals surface area contributed by atoms with E-state index in [1.165, 1.54) is 0 Å². The summed E-state index contributed by atoms with van der Waals surface area (Å²) in [7, 11) is 0. The first kappa shape index (κ1) is 20.7. The summed E-state index contributed by atoms with van der Waals surface area (Å²) in [4.78, 5) is 21.3. The van der Waals surface area contributed by atoms with Gasteiger partial charge in [0.1, 0.15) is 23.3 Å². The maximum absolute atomic E-state index is 13.0. The SMILES string of the molecule is N#Cc1ccccc1COc1cccc(C(=O)N2CCN(c3cccc(Cl)n3)CC2)c1. The number of amides is 1. The van der Waals surface area contributed by atoms with Gasteiger partial charge in [-0.15, -0.1) is 0 Å². The lowest BCUT2D eigenvalue weighted by Gasteiger charge is -2.35. The third-order valence-electron chi connectivity index (χ3n) is 5.20. The zero-order chi connectivity index (χ0) is 21.6. The average molecular weight is 433 g/mol. The van der Waals surface area contributed by atoms with Crippen LogP contribution in [0, 0.1) is 11.3 Å². The Bertz CT molecular complexity index is 1120. The Labute approximate surface area is 186 Å². The molecule has 0 aliphatic carbocycles. The van der Waals surface area contributed by atoms with Crippen LogP contribution in [0.2, 0.25) is 5.15 Å². The zero-order valence-electron chi connectivity index (χ0n) is 16.9. The number of aromatic nitrogens is 1. The van der Waals surface area contributed by atoms with Gasteiger partial charge in [0.2, 0.25) is 0 Å². The van der Waals surface area contributed by atoms with Crippen LogP contribution < -0.4 is 9.64 Å². The van der Waals surface area contributed by atoms with Crippen molar-refractivity contribution in [2.45, 2.75) is 6.61 Å². The fourth-order valence-corrected chi connectivity index (χ4v) is 3.69. The standard InChI is InChI=1S/C24H21ClN4O2/c25-22-9-4-10-23(27-22)28-11-13-29(14-12-28)24(30)18-7-3-8-21(15-18)31-17-20-6-2-1-5-19(20)16-26/h1-10,15H,11-14,17H2. The summed E-state index contributed by atoms with van der Waals surface area (Å²) >= 11 is 5.99. The summed E-state index contributed by atoms with van der Waals surface area (Å²) in [5, 5.41) is 9.68. The molecule has 1 aromatic heterocycles. The van der Waals surface area contributed by atoms with Crippen LogP contribution in [0.4, 0.5) is 5.82 Å². The third kappa shape index (κ3) is 4.96. The van der Waals surface area contributed by atoms with Crippen LogP contribution in [0.15, 0.2) is 66.7 Å². The number of carbonyl (C=O) groups is 1. The summed E-state index contributed by atoms with van der Waals surface area (Å²) in [6, 6.07) is 22.2. The smallest absolute Gasteiger partial charge is 0.254 e. The number of carbonyl (C=O) groups excluding carboxylic acids is 1. The molecule has 1 saturated heterocycles. The Morgan fingerprint density at radius 3 is 2.58 bits per heavy atom. The molecular weight excluding hydrogens is 412 g/mol. The lowest BCUT2D eigenvalue weighted by Crippen LogP contribution is -2.49. The summed E-state index contributed by atoms with van der Waals surface area (Å²) < 4.78 is 5.85. The molecule has 0 spiro atoms. The van der Waals surface area contributed by atoms with E-state index in [2.05, 4.69) is 16.0 Å². The van der Waals surface area contributed by atoms with Gasteiger partial charge in [-0.2, -0.15) is 5.26 Å². The molecule has 0 N–H and O–H groups in total. The van der Waals surface area contributed by atoms with Crippen LogP contribution in [0.25, 0.3) is 0 Å². The van der Waals surface area contributed by atoms with Crippen molar-refractivity contribution < 1.29 is 9.53 Å². The Hall–Kier alpha value is -3.56. The second-order valence-electron chi connectivity index (χ2n) is 7.18. The molecule has 0 bridgehead atoms. The lowest BCUT2D eigenvalue weighted by molar-refractivity contribution is 0.0746. The molecule has 4 rings (SSSR count). The summed E-state index contributed by atoms with van der Waals surface area (Å²) in [6.45, 7) is 2.87. The summed E-state index contributed by atoms with van der Waals surface area (Å²) in [5.41, 5.74) is 1.98. The van der Waals surface area contributed by atoms with E-state index in [1.54, 1.807) is 24.3 Å². The highest BCUT2D eigenvalue weighted by Crippen LogP contribution is 2.20. The molecule has 7 heteroatoms. The van der Waals surface area contributed by atoms with Crippen molar-refractivity contribution in [2.24, 2.45) is 0 Å². The minimum atomic E-state index is -0.0263. The highest BCUT2D eigenvalue weighted by Gasteiger charge is 2.23. The molecule has 2 aromatic carbocycles. The molecule has 156 valence electrons. The first-order valence-electron chi connectivity index (χ1n) is 10.0. The Kier molecular flexibility index (Phi) is 6.34. The number of pyridine rings is 1. The van der Waals surface area contributed by atoms with Crippen molar-refractivity contribution in [3.05, 3.63) is 88.6 Å². The van der Waals surface area contributed by atoms with Crippen molar-refractivity contribution in [1.82, 2.24) is 9.88 Å². The van der Waals surface area contributed by atoms with Gasteiger partial charge in [0.25, 0.3) is 5.91 Å². The van der Waals surface area contributed by atoms with Gasteiger partial charge >= 0.3 is 0 Å². The molecule has 0 unspecified atom stereocenters. The number of hydrogen-bond acceptors (Lipinski definition) is 5. The van der Waals surface area contributed by atoms with Gasteiger partial charge in [0.05, 0.1) is 11.6 Å². The van der Waals surface area contributed by atoms with E-state index in [0.717, 1.165) is 11.4 Å². The van der Waals surface area contributed by atoms with E-state index in [0.29, 0.717) is 48.2 Å². The second kappa shape index (κ2) is 9.50. The van der Waals surface area contributed by atoms with Crippen LogP contribution in [0.5, 0.6) is 5.75 Å². The maximum atomic E-state index is 13.0.